The van der Waals surface area contributed by atoms with E-state index in [0.717, 1.165) is 13.0 Å². The van der Waals surface area contributed by atoms with E-state index in [0.29, 0.717) is 56.2 Å². The van der Waals surface area contributed by atoms with Crippen LogP contribution in [0.1, 0.15) is 99.8 Å². The summed E-state index contributed by atoms with van der Waals surface area (Å²) < 4.78 is 0. The minimum absolute atomic E-state index is 0.00509. The van der Waals surface area contributed by atoms with Crippen molar-refractivity contribution in [2.45, 2.75) is 118 Å². The zero-order valence-corrected chi connectivity index (χ0v) is 26.6. The van der Waals surface area contributed by atoms with E-state index in [1.54, 1.807) is 0 Å². The van der Waals surface area contributed by atoms with Crippen LogP contribution in [0.5, 0.6) is 0 Å². The lowest BCUT2D eigenvalue weighted by molar-refractivity contribution is -0.148. The van der Waals surface area contributed by atoms with E-state index < -0.39 is 45.9 Å². The Morgan fingerprint density at radius 2 is 1.79 bits per heavy atom. The number of hydrogen-bond donors (Lipinski definition) is 5. The second-order valence-electron chi connectivity index (χ2n) is 14.9. The molecule has 0 spiro atoms. The van der Waals surface area contributed by atoms with Crippen LogP contribution in [-0.2, 0) is 14.4 Å². The Morgan fingerprint density at radius 3 is 2.40 bits per heavy atom. The van der Waals surface area contributed by atoms with E-state index in [4.69, 9.17) is 0 Å². The number of hydrogen-bond acceptors (Lipinski definition) is 7. The fourth-order valence-corrected chi connectivity index (χ4v) is 9.96. The van der Waals surface area contributed by atoms with Gasteiger partial charge in [0, 0.05) is 40.2 Å². The molecule has 0 aliphatic heterocycles. The predicted molar refractivity (Wildman–Crippen MR) is 161 cm³/mol. The van der Waals surface area contributed by atoms with E-state index >= 15 is 0 Å². The number of ketones is 2. The molecule has 236 valence electrons. The summed E-state index contributed by atoms with van der Waals surface area (Å²) in [6.07, 6.45) is 2.65. The molecule has 0 aromatic rings. The first kappa shape index (κ1) is 33.0. The van der Waals surface area contributed by atoms with Gasteiger partial charge in [0.15, 0.2) is 5.78 Å². The summed E-state index contributed by atoms with van der Waals surface area (Å²) in [7, 11) is 0. The Labute approximate surface area is 251 Å². The number of Topliss-reactive ketones (excluding diaryl/α,β-unsaturated/α-hetero) is 2. The van der Waals surface area contributed by atoms with Crippen LogP contribution < -0.4 is 5.32 Å². The van der Waals surface area contributed by atoms with E-state index in [9.17, 15) is 34.8 Å². The average molecular weight is 588 g/mol. The van der Waals surface area contributed by atoms with Crippen LogP contribution in [-0.4, -0.2) is 69.4 Å². The fourth-order valence-electron chi connectivity index (χ4n) is 9.96. The molecule has 42 heavy (non-hydrogen) atoms. The van der Waals surface area contributed by atoms with E-state index in [1.807, 2.05) is 27.7 Å². The monoisotopic (exact) mass is 587 g/mol. The van der Waals surface area contributed by atoms with Gasteiger partial charge in [-0.05, 0) is 93.4 Å². The molecule has 8 heteroatoms. The molecule has 0 aromatic heterocycles. The number of allylic oxidation sites excluding steroid dienone is 1. The van der Waals surface area contributed by atoms with Crippen molar-refractivity contribution in [1.29, 1.82) is 0 Å². The molecule has 0 aromatic carbocycles. The van der Waals surface area contributed by atoms with Gasteiger partial charge in [0.2, 0.25) is 0 Å². The summed E-state index contributed by atoms with van der Waals surface area (Å²) in [6.45, 7) is 15.3. The van der Waals surface area contributed by atoms with Crippen molar-refractivity contribution in [2.24, 2.45) is 39.4 Å². The van der Waals surface area contributed by atoms with Crippen LogP contribution in [0.3, 0.4) is 0 Å². The summed E-state index contributed by atoms with van der Waals surface area (Å²) in [5.74, 6) is -1.27. The Balaban J connectivity index is 1.73. The van der Waals surface area contributed by atoms with Crippen molar-refractivity contribution in [3.63, 3.8) is 0 Å². The molecular formula is C34H53NO7. The van der Waals surface area contributed by atoms with Crippen molar-refractivity contribution in [3.05, 3.63) is 22.8 Å². The molecule has 5 N–H and O–H groups in total. The molecule has 4 aliphatic carbocycles. The van der Waals surface area contributed by atoms with Gasteiger partial charge >= 0.3 is 5.97 Å². The maximum atomic E-state index is 14.4. The third-order valence-electron chi connectivity index (χ3n) is 12.5. The number of carboxylic acids is 1. The summed E-state index contributed by atoms with van der Waals surface area (Å²) in [4.78, 5) is 39.1. The lowest BCUT2D eigenvalue weighted by Crippen LogP contribution is -2.61. The van der Waals surface area contributed by atoms with Crippen molar-refractivity contribution < 1.29 is 34.8 Å². The Kier molecular flexibility index (Phi) is 9.10. The number of carboxylic acid groups (broad SMARTS) is 1. The van der Waals surface area contributed by atoms with Gasteiger partial charge in [0.05, 0.1) is 18.3 Å². The standard InChI is InChI=1S/C34H53NO7/c1-8-12-35-13-11-31(4)25-17-23(37)29-28(32(25,5)10-9-26(31)39)24(38)18-33(6)22(16-27(40)34(29,33)7)19(2)14-21(36)15-20(3)30(41)42/h15,19,21-23,25,27,35-37,40H,8-14,16-18H2,1-7H3,(H,41,42). The summed E-state index contributed by atoms with van der Waals surface area (Å²) in [5, 5.41) is 47.0. The normalized spacial score (nSPS) is 41.7. The SMILES string of the molecule is CCCNCCC1(C)C(=O)CCC2(C)C3=C(C(O)CC12)C1(C)C(O)CC(C(C)CC(O)C=C(C)C(=O)O)C1(C)CC3=O. The zero-order chi connectivity index (χ0) is 31.4. The van der Waals surface area contributed by atoms with E-state index in [1.165, 1.54) is 13.0 Å². The fraction of sp³-hybridized carbons (Fsp3) is 0.794. The number of carbonyl (C=O) groups excluding carboxylic acids is 2. The number of aliphatic carboxylic acids is 1. The maximum absolute atomic E-state index is 14.4. The van der Waals surface area contributed by atoms with Crippen molar-refractivity contribution in [2.75, 3.05) is 13.1 Å². The molecule has 2 fully saturated rings. The summed E-state index contributed by atoms with van der Waals surface area (Å²) in [5.41, 5.74) is -1.33. The first-order chi connectivity index (χ1) is 19.5. The van der Waals surface area contributed by atoms with Gasteiger partial charge in [-0.2, -0.15) is 0 Å². The van der Waals surface area contributed by atoms with Gasteiger partial charge in [-0.25, -0.2) is 4.79 Å². The average Bonchev–Trinajstić information content (AvgIpc) is 3.11. The number of rotatable bonds is 10. The second-order valence-corrected chi connectivity index (χ2v) is 14.9. The molecule has 0 bridgehead atoms. The molecule has 4 rings (SSSR count). The van der Waals surface area contributed by atoms with Crippen LogP contribution in [0.25, 0.3) is 0 Å². The molecule has 0 saturated heterocycles. The highest BCUT2D eigenvalue weighted by Crippen LogP contribution is 2.71. The van der Waals surface area contributed by atoms with Crippen molar-refractivity contribution in [3.8, 4) is 0 Å². The zero-order valence-electron chi connectivity index (χ0n) is 26.6. The highest BCUT2D eigenvalue weighted by molar-refractivity contribution is 6.01. The van der Waals surface area contributed by atoms with Gasteiger partial charge in [-0.1, -0.05) is 41.5 Å². The topological polar surface area (TPSA) is 144 Å². The number of nitrogens with one attached hydrogen (secondary N) is 1. The van der Waals surface area contributed by atoms with Crippen LogP contribution >= 0.6 is 0 Å². The molecule has 10 atom stereocenters. The van der Waals surface area contributed by atoms with Gasteiger partial charge in [0.25, 0.3) is 0 Å². The number of fused-ring (bicyclic) bond motifs is 4. The largest absolute Gasteiger partial charge is 0.478 e. The minimum Gasteiger partial charge on any atom is -0.478 e. The quantitative estimate of drug-likeness (QED) is 0.189. The lowest BCUT2D eigenvalue weighted by atomic mass is 9.42. The second kappa shape index (κ2) is 11.6. The molecule has 0 heterocycles. The number of aliphatic hydroxyl groups excluding tert-OH is 3. The Bertz CT molecular complexity index is 1180. The molecular weight excluding hydrogens is 534 g/mol. The maximum Gasteiger partial charge on any atom is 0.331 e. The number of carbonyl (C=O) groups is 3. The highest BCUT2D eigenvalue weighted by atomic mass is 16.4. The van der Waals surface area contributed by atoms with Gasteiger partial charge in [-0.15, -0.1) is 0 Å². The highest BCUT2D eigenvalue weighted by Gasteiger charge is 2.70. The first-order valence-electron chi connectivity index (χ1n) is 16.0. The van der Waals surface area contributed by atoms with Crippen LogP contribution in [0, 0.1) is 39.4 Å². The van der Waals surface area contributed by atoms with Crippen LogP contribution in [0.2, 0.25) is 0 Å². The summed E-state index contributed by atoms with van der Waals surface area (Å²) >= 11 is 0. The summed E-state index contributed by atoms with van der Waals surface area (Å²) in [6, 6.07) is 0. The lowest BCUT2D eigenvalue weighted by Gasteiger charge is -2.61. The molecule has 10 unspecified atom stereocenters. The van der Waals surface area contributed by atoms with E-state index in [2.05, 4.69) is 19.2 Å². The third kappa shape index (κ3) is 4.94. The predicted octanol–water partition coefficient (Wildman–Crippen LogP) is 4.21. The Morgan fingerprint density at radius 1 is 1.12 bits per heavy atom. The van der Waals surface area contributed by atoms with Crippen LogP contribution in [0.15, 0.2) is 22.8 Å². The smallest absolute Gasteiger partial charge is 0.331 e. The van der Waals surface area contributed by atoms with Crippen molar-refractivity contribution in [1.82, 2.24) is 5.32 Å². The Hall–Kier alpha value is -1.87. The minimum atomic E-state index is -1.08. The van der Waals surface area contributed by atoms with E-state index in [-0.39, 0.29) is 41.3 Å². The van der Waals surface area contributed by atoms with Gasteiger partial charge < -0.3 is 25.7 Å². The number of aliphatic hydroxyl groups is 3. The molecule has 2 saturated carbocycles. The van der Waals surface area contributed by atoms with Crippen LogP contribution in [0.4, 0.5) is 0 Å². The molecule has 8 nitrogen and oxygen atoms in total. The molecule has 0 radical (unpaired) electrons. The molecule has 0 amide bonds. The third-order valence-corrected chi connectivity index (χ3v) is 12.5. The van der Waals surface area contributed by atoms with Crippen molar-refractivity contribution >= 4 is 17.5 Å². The molecule has 4 aliphatic rings. The van der Waals surface area contributed by atoms with Gasteiger partial charge in [-0.3, -0.25) is 9.59 Å². The first-order valence-corrected chi connectivity index (χ1v) is 16.0. The van der Waals surface area contributed by atoms with Gasteiger partial charge in [0.1, 0.15) is 5.78 Å².